The number of benzene rings is 1. The van der Waals surface area contributed by atoms with Crippen LogP contribution in [0.15, 0.2) is 30.3 Å². The summed E-state index contributed by atoms with van der Waals surface area (Å²) in [5.74, 6) is 0.364. The number of carboxylic acids is 1. The van der Waals surface area contributed by atoms with Crippen LogP contribution in [0.25, 0.3) is 0 Å². The van der Waals surface area contributed by atoms with Gasteiger partial charge < -0.3 is 14.7 Å². The van der Waals surface area contributed by atoms with Crippen molar-refractivity contribution in [1.29, 1.82) is 0 Å². The first-order valence-corrected chi connectivity index (χ1v) is 7.32. The van der Waals surface area contributed by atoms with Gasteiger partial charge in [0.1, 0.15) is 5.75 Å². The number of carbonyl (C=O) groups is 2. The molecule has 0 spiro atoms. The lowest BCUT2D eigenvalue weighted by atomic mass is 9.92. The predicted molar refractivity (Wildman–Crippen MR) is 78.1 cm³/mol. The molecule has 114 valence electrons. The van der Waals surface area contributed by atoms with Gasteiger partial charge in [-0.05, 0) is 37.3 Å². The number of amides is 1. The van der Waals surface area contributed by atoms with E-state index < -0.39 is 5.97 Å². The van der Waals surface area contributed by atoms with Crippen molar-refractivity contribution in [1.82, 2.24) is 4.90 Å². The molecule has 5 nitrogen and oxygen atoms in total. The fourth-order valence-corrected chi connectivity index (χ4v) is 2.55. The predicted octanol–water partition coefficient (Wildman–Crippen LogP) is 2.17. The van der Waals surface area contributed by atoms with Gasteiger partial charge in [-0.3, -0.25) is 9.59 Å². The molecule has 0 unspecified atom stereocenters. The zero-order chi connectivity index (χ0) is 15.1. The van der Waals surface area contributed by atoms with E-state index in [1.54, 1.807) is 4.90 Å². The van der Waals surface area contributed by atoms with Crippen LogP contribution >= 0.6 is 0 Å². The Kier molecular flexibility index (Phi) is 5.60. The Morgan fingerprint density at radius 2 is 1.86 bits per heavy atom. The topological polar surface area (TPSA) is 66.8 Å². The highest BCUT2D eigenvalue weighted by Crippen LogP contribution is 2.22. The Bertz CT molecular complexity index is 466. The summed E-state index contributed by atoms with van der Waals surface area (Å²) >= 11 is 0. The van der Waals surface area contributed by atoms with Crippen LogP contribution in [0.3, 0.4) is 0 Å². The number of likely N-dealkylation sites (tertiary alicyclic amines) is 1. The molecule has 2 rings (SSSR count). The molecule has 0 bridgehead atoms. The largest absolute Gasteiger partial charge is 0.484 e. The van der Waals surface area contributed by atoms with Crippen LogP contribution in [0.4, 0.5) is 0 Å². The van der Waals surface area contributed by atoms with E-state index in [9.17, 15) is 9.59 Å². The molecule has 0 aromatic heterocycles. The number of hydrogen-bond donors (Lipinski definition) is 1. The molecule has 1 aromatic carbocycles. The molecule has 1 aliphatic rings. The molecule has 0 saturated carbocycles. The molecule has 0 radical (unpaired) electrons. The van der Waals surface area contributed by atoms with Crippen LogP contribution in [0.5, 0.6) is 5.75 Å². The van der Waals surface area contributed by atoms with Crippen molar-refractivity contribution in [2.45, 2.75) is 25.7 Å². The number of aliphatic carboxylic acids is 1. The fourth-order valence-electron chi connectivity index (χ4n) is 2.55. The molecule has 1 fully saturated rings. The summed E-state index contributed by atoms with van der Waals surface area (Å²) in [6.07, 6.45) is 2.68. The van der Waals surface area contributed by atoms with Gasteiger partial charge in [-0.15, -0.1) is 0 Å². The quantitative estimate of drug-likeness (QED) is 0.872. The number of carbonyl (C=O) groups excluding carboxylic acids is 1. The summed E-state index contributed by atoms with van der Waals surface area (Å²) < 4.78 is 5.46. The molecule has 1 aromatic rings. The average molecular weight is 291 g/mol. The Hall–Kier alpha value is -2.04. The van der Waals surface area contributed by atoms with Crippen LogP contribution in [-0.2, 0) is 9.59 Å². The lowest BCUT2D eigenvalue weighted by molar-refractivity contribution is -0.138. The van der Waals surface area contributed by atoms with Gasteiger partial charge in [0.25, 0.3) is 5.91 Å². The summed E-state index contributed by atoms with van der Waals surface area (Å²) in [6, 6.07) is 9.29. The zero-order valence-electron chi connectivity index (χ0n) is 12.0. The van der Waals surface area contributed by atoms with Crippen molar-refractivity contribution < 1.29 is 19.4 Å². The van der Waals surface area contributed by atoms with Gasteiger partial charge in [0.15, 0.2) is 6.61 Å². The van der Waals surface area contributed by atoms with Crippen molar-refractivity contribution in [2.24, 2.45) is 5.92 Å². The van der Waals surface area contributed by atoms with Crippen LogP contribution in [0, 0.1) is 5.92 Å². The van der Waals surface area contributed by atoms with Crippen LogP contribution < -0.4 is 4.74 Å². The van der Waals surface area contributed by atoms with E-state index in [0.717, 1.165) is 12.8 Å². The van der Waals surface area contributed by atoms with E-state index in [1.165, 1.54) is 0 Å². The van der Waals surface area contributed by atoms with Gasteiger partial charge in [0.05, 0.1) is 0 Å². The van der Waals surface area contributed by atoms with E-state index in [1.807, 2.05) is 30.3 Å². The molecule has 0 aliphatic carbocycles. The summed E-state index contributed by atoms with van der Waals surface area (Å²) in [7, 11) is 0. The van der Waals surface area contributed by atoms with Gasteiger partial charge in [-0.2, -0.15) is 0 Å². The maximum atomic E-state index is 12.1. The lowest BCUT2D eigenvalue weighted by Gasteiger charge is -2.31. The Morgan fingerprint density at radius 3 is 2.48 bits per heavy atom. The summed E-state index contributed by atoms with van der Waals surface area (Å²) in [5.41, 5.74) is 0. The molecule has 5 heteroatoms. The second kappa shape index (κ2) is 7.67. The monoisotopic (exact) mass is 291 g/mol. The van der Waals surface area contributed by atoms with Gasteiger partial charge >= 0.3 is 5.97 Å². The second-order valence-electron chi connectivity index (χ2n) is 5.36. The number of hydrogen-bond acceptors (Lipinski definition) is 3. The van der Waals surface area contributed by atoms with E-state index >= 15 is 0 Å². The Labute approximate surface area is 124 Å². The van der Waals surface area contributed by atoms with Gasteiger partial charge in [-0.1, -0.05) is 18.2 Å². The Morgan fingerprint density at radius 1 is 1.19 bits per heavy atom. The third-order valence-electron chi connectivity index (χ3n) is 3.84. The minimum absolute atomic E-state index is 0.00413. The SMILES string of the molecule is O=C(O)CCC1CCN(C(=O)COc2ccccc2)CC1. The smallest absolute Gasteiger partial charge is 0.303 e. The second-order valence-corrected chi connectivity index (χ2v) is 5.36. The summed E-state index contributed by atoms with van der Waals surface area (Å²) in [6.45, 7) is 1.45. The van der Waals surface area contributed by atoms with E-state index in [0.29, 0.717) is 31.2 Å². The highest BCUT2D eigenvalue weighted by molar-refractivity contribution is 5.77. The molecule has 0 atom stereocenters. The number of para-hydroxylation sites is 1. The van der Waals surface area contributed by atoms with Gasteiger partial charge in [-0.25, -0.2) is 0 Å². The van der Waals surface area contributed by atoms with Gasteiger partial charge in [0.2, 0.25) is 0 Å². The number of carboxylic acid groups (broad SMARTS) is 1. The summed E-state index contributed by atoms with van der Waals surface area (Å²) in [4.78, 5) is 24.4. The molecule has 1 saturated heterocycles. The highest BCUT2D eigenvalue weighted by Gasteiger charge is 2.23. The molecule has 1 aliphatic heterocycles. The number of ether oxygens (including phenoxy) is 1. The fraction of sp³-hybridized carbons (Fsp3) is 0.500. The Balaban J connectivity index is 1.69. The molecule has 1 N–H and O–H groups in total. The molecular weight excluding hydrogens is 270 g/mol. The maximum Gasteiger partial charge on any atom is 0.303 e. The molecule has 1 heterocycles. The normalized spacial score (nSPS) is 15.7. The minimum Gasteiger partial charge on any atom is -0.484 e. The van der Waals surface area contributed by atoms with Crippen molar-refractivity contribution >= 4 is 11.9 Å². The van der Waals surface area contributed by atoms with Crippen molar-refractivity contribution in [2.75, 3.05) is 19.7 Å². The number of rotatable bonds is 6. The standard InChI is InChI=1S/C16H21NO4/c18-15(12-21-14-4-2-1-3-5-14)17-10-8-13(9-11-17)6-7-16(19)20/h1-5,13H,6-12H2,(H,19,20). The molecule has 1 amide bonds. The van der Waals surface area contributed by atoms with E-state index in [-0.39, 0.29) is 18.9 Å². The maximum absolute atomic E-state index is 12.1. The van der Waals surface area contributed by atoms with Crippen LogP contribution in [0.2, 0.25) is 0 Å². The number of nitrogens with zero attached hydrogens (tertiary/aromatic N) is 1. The van der Waals surface area contributed by atoms with E-state index in [4.69, 9.17) is 9.84 Å². The first-order valence-electron chi connectivity index (χ1n) is 7.32. The minimum atomic E-state index is -0.746. The highest BCUT2D eigenvalue weighted by atomic mass is 16.5. The third kappa shape index (κ3) is 5.10. The first kappa shape index (κ1) is 15.4. The van der Waals surface area contributed by atoms with E-state index in [2.05, 4.69) is 0 Å². The van der Waals surface area contributed by atoms with Crippen LogP contribution in [0.1, 0.15) is 25.7 Å². The molecular formula is C16H21NO4. The lowest BCUT2D eigenvalue weighted by Crippen LogP contribution is -2.41. The molecule has 21 heavy (non-hydrogen) atoms. The van der Waals surface area contributed by atoms with Crippen molar-refractivity contribution in [3.05, 3.63) is 30.3 Å². The average Bonchev–Trinajstić information content (AvgIpc) is 2.52. The third-order valence-corrected chi connectivity index (χ3v) is 3.84. The summed E-state index contributed by atoms with van der Waals surface area (Å²) in [5, 5.41) is 8.68. The van der Waals surface area contributed by atoms with Crippen molar-refractivity contribution in [3.63, 3.8) is 0 Å². The first-order chi connectivity index (χ1) is 10.1. The van der Waals surface area contributed by atoms with Crippen LogP contribution in [-0.4, -0.2) is 41.6 Å². The van der Waals surface area contributed by atoms with Gasteiger partial charge in [0, 0.05) is 19.5 Å². The number of piperidine rings is 1. The van der Waals surface area contributed by atoms with Crippen molar-refractivity contribution in [3.8, 4) is 5.75 Å². The zero-order valence-corrected chi connectivity index (χ0v) is 12.0.